The van der Waals surface area contributed by atoms with Crippen LogP contribution in [0.3, 0.4) is 0 Å². The summed E-state index contributed by atoms with van der Waals surface area (Å²) in [5.41, 5.74) is 1.61. The van der Waals surface area contributed by atoms with E-state index in [1.165, 1.54) is 30.6 Å². The molecular weight excluding hydrogens is 266 g/mol. The van der Waals surface area contributed by atoms with Crippen LogP contribution in [-0.4, -0.2) is 16.3 Å². The smallest absolute Gasteiger partial charge is 0.0489 e. The summed E-state index contributed by atoms with van der Waals surface area (Å²) >= 11 is 2.02. The summed E-state index contributed by atoms with van der Waals surface area (Å²) in [7, 11) is 0. The molecule has 3 rings (SSSR count). The fourth-order valence-corrected chi connectivity index (χ4v) is 4.10. The number of nitrogens with one attached hydrogen (secondary N) is 1. The molecular formula is C16H23N3S. The van der Waals surface area contributed by atoms with Crippen LogP contribution >= 0.6 is 11.3 Å². The second-order valence-electron chi connectivity index (χ2n) is 5.60. The number of fused-ring (bicyclic) bond motifs is 1. The number of nitrogens with zero attached hydrogens (tertiary/aromatic N) is 2. The van der Waals surface area contributed by atoms with Crippen LogP contribution in [-0.2, 0) is 19.4 Å². The van der Waals surface area contributed by atoms with Crippen molar-refractivity contribution in [3.05, 3.63) is 39.8 Å². The summed E-state index contributed by atoms with van der Waals surface area (Å²) in [5, 5.41) is 7.87. The molecule has 1 N–H and O–H groups in total. The van der Waals surface area contributed by atoms with Crippen molar-refractivity contribution >= 4 is 11.3 Å². The van der Waals surface area contributed by atoms with Crippen molar-refractivity contribution in [3.8, 4) is 0 Å². The minimum Gasteiger partial charge on any atom is -0.309 e. The van der Waals surface area contributed by atoms with Crippen LogP contribution in [0.25, 0.3) is 0 Å². The first-order valence-electron chi connectivity index (χ1n) is 7.65. The van der Waals surface area contributed by atoms with Gasteiger partial charge in [-0.15, -0.1) is 11.3 Å². The Morgan fingerprint density at radius 1 is 1.40 bits per heavy atom. The normalized spacial score (nSPS) is 16.1. The molecule has 1 unspecified atom stereocenters. The Morgan fingerprint density at radius 2 is 2.30 bits per heavy atom. The van der Waals surface area contributed by atoms with E-state index in [4.69, 9.17) is 0 Å². The lowest BCUT2D eigenvalue weighted by Gasteiger charge is -2.11. The topological polar surface area (TPSA) is 29.9 Å². The highest BCUT2D eigenvalue weighted by Gasteiger charge is 2.16. The molecule has 0 saturated heterocycles. The lowest BCUT2D eigenvalue weighted by molar-refractivity contribution is 0.510. The fourth-order valence-electron chi connectivity index (χ4n) is 2.82. The molecule has 0 spiro atoms. The van der Waals surface area contributed by atoms with Gasteiger partial charge in [0.2, 0.25) is 0 Å². The van der Waals surface area contributed by atoms with Gasteiger partial charge in [-0.1, -0.05) is 0 Å². The van der Waals surface area contributed by atoms with Crippen LogP contribution in [0.2, 0.25) is 0 Å². The molecule has 0 amide bonds. The first kappa shape index (κ1) is 13.8. The summed E-state index contributed by atoms with van der Waals surface area (Å²) < 4.78 is 2.00. The van der Waals surface area contributed by atoms with Crippen molar-refractivity contribution in [2.45, 2.75) is 51.6 Å². The quantitative estimate of drug-likeness (QED) is 0.824. The van der Waals surface area contributed by atoms with Crippen LogP contribution < -0.4 is 5.32 Å². The van der Waals surface area contributed by atoms with Crippen LogP contribution in [0.15, 0.2) is 24.5 Å². The lowest BCUT2D eigenvalue weighted by Crippen LogP contribution is -2.20. The molecule has 0 saturated carbocycles. The maximum atomic E-state index is 4.23. The molecule has 3 nitrogen and oxygen atoms in total. The maximum Gasteiger partial charge on any atom is 0.0489 e. The van der Waals surface area contributed by atoms with E-state index in [1.54, 1.807) is 10.4 Å². The van der Waals surface area contributed by atoms with E-state index in [1.807, 2.05) is 34.5 Å². The zero-order valence-electron chi connectivity index (χ0n) is 12.1. The fraction of sp³-hybridized carbons (Fsp3) is 0.562. The van der Waals surface area contributed by atoms with Crippen LogP contribution in [0.1, 0.15) is 47.5 Å². The number of hydrogen-bond acceptors (Lipinski definition) is 3. The second-order valence-corrected chi connectivity index (χ2v) is 6.77. The predicted octanol–water partition coefficient (Wildman–Crippen LogP) is 3.56. The molecule has 0 aromatic carbocycles. The summed E-state index contributed by atoms with van der Waals surface area (Å²) in [6.45, 7) is 4.32. The molecule has 1 aliphatic carbocycles. The van der Waals surface area contributed by atoms with Gasteiger partial charge in [-0.25, -0.2) is 0 Å². The average Bonchev–Trinajstić information content (AvgIpc) is 3.12. The first-order chi connectivity index (χ1) is 9.83. The zero-order valence-corrected chi connectivity index (χ0v) is 13.0. The molecule has 108 valence electrons. The van der Waals surface area contributed by atoms with Gasteiger partial charge in [0.1, 0.15) is 0 Å². The van der Waals surface area contributed by atoms with E-state index in [2.05, 4.69) is 23.4 Å². The monoisotopic (exact) mass is 289 g/mol. The van der Waals surface area contributed by atoms with Gasteiger partial charge in [0.05, 0.1) is 0 Å². The Bertz CT molecular complexity index is 506. The summed E-state index contributed by atoms with van der Waals surface area (Å²) in [6.07, 6.45) is 10.3. The van der Waals surface area contributed by atoms with Crippen molar-refractivity contribution in [2.24, 2.45) is 0 Å². The Morgan fingerprint density at radius 3 is 3.10 bits per heavy atom. The predicted molar refractivity (Wildman–Crippen MR) is 84.2 cm³/mol. The van der Waals surface area contributed by atoms with Crippen molar-refractivity contribution in [2.75, 3.05) is 6.54 Å². The van der Waals surface area contributed by atoms with E-state index >= 15 is 0 Å². The maximum absolute atomic E-state index is 4.23. The Labute approximate surface area is 125 Å². The van der Waals surface area contributed by atoms with Crippen molar-refractivity contribution in [1.29, 1.82) is 0 Å². The highest BCUT2D eigenvalue weighted by Crippen LogP contribution is 2.32. The molecule has 1 aliphatic rings. The number of thiophene rings is 1. The molecule has 2 aromatic heterocycles. The van der Waals surface area contributed by atoms with Gasteiger partial charge in [0.15, 0.2) is 0 Å². The Kier molecular flexibility index (Phi) is 4.53. The van der Waals surface area contributed by atoms with Crippen LogP contribution in [0.5, 0.6) is 0 Å². The van der Waals surface area contributed by atoms with E-state index in [0.717, 1.165) is 19.5 Å². The molecule has 4 heteroatoms. The summed E-state index contributed by atoms with van der Waals surface area (Å²) in [5.74, 6) is 0. The molecule has 2 aromatic rings. The highest BCUT2D eigenvalue weighted by atomic mass is 32.1. The highest BCUT2D eigenvalue weighted by molar-refractivity contribution is 7.12. The third-order valence-electron chi connectivity index (χ3n) is 4.02. The number of rotatable bonds is 6. The molecule has 0 aliphatic heterocycles. The van der Waals surface area contributed by atoms with E-state index in [0.29, 0.717) is 6.04 Å². The lowest BCUT2D eigenvalue weighted by atomic mass is 9.99. The third kappa shape index (κ3) is 3.30. The van der Waals surface area contributed by atoms with E-state index < -0.39 is 0 Å². The van der Waals surface area contributed by atoms with Gasteiger partial charge in [-0.05, 0) is 63.3 Å². The van der Waals surface area contributed by atoms with Gasteiger partial charge in [0.25, 0.3) is 0 Å². The standard InChI is InChI=1S/C16H23N3S/c1-13(17-8-4-10-19-11-5-9-18-19)16-12-14-6-2-3-7-15(14)20-16/h5,9,11-13,17H,2-4,6-8,10H2,1H3. The Hall–Kier alpha value is -1.13. The zero-order chi connectivity index (χ0) is 13.8. The van der Waals surface area contributed by atoms with E-state index in [-0.39, 0.29) is 0 Å². The largest absolute Gasteiger partial charge is 0.309 e. The van der Waals surface area contributed by atoms with Gasteiger partial charge in [0, 0.05) is 34.7 Å². The molecule has 20 heavy (non-hydrogen) atoms. The second kappa shape index (κ2) is 6.55. The molecule has 0 radical (unpaired) electrons. The van der Waals surface area contributed by atoms with Crippen molar-refractivity contribution < 1.29 is 0 Å². The Balaban J connectivity index is 1.46. The van der Waals surface area contributed by atoms with Gasteiger partial charge >= 0.3 is 0 Å². The van der Waals surface area contributed by atoms with Gasteiger partial charge < -0.3 is 5.32 Å². The van der Waals surface area contributed by atoms with Gasteiger partial charge in [-0.2, -0.15) is 5.10 Å². The number of aryl methyl sites for hydroxylation is 3. The van der Waals surface area contributed by atoms with Crippen molar-refractivity contribution in [3.63, 3.8) is 0 Å². The summed E-state index contributed by atoms with van der Waals surface area (Å²) in [6, 6.07) is 4.89. The molecule has 0 bridgehead atoms. The van der Waals surface area contributed by atoms with Crippen molar-refractivity contribution in [1.82, 2.24) is 15.1 Å². The number of hydrogen-bond donors (Lipinski definition) is 1. The SMILES string of the molecule is CC(NCCCn1cccn1)c1cc2c(s1)CCCC2. The third-order valence-corrected chi connectivity index (χ3v) is 5.44. The van der Waals surface area contributed by atoms with Gasteiger partial charge in [-0.3, -0.25) is 4.68 Å². The molecule has 1 atom stereocenters. The molecule has 2 heterocycles. The summed E-state index contributed by atoms with van der Waals surface area (Å²) in [4.78, 5) is 3.15. The first-order valence-corrected chi connectivity index (χ1v) is 8.47. The number of aromatic nitrogens is 2. The van der Waals surface area contributed by atoms with Crippen LogP contribution in [0, 0.1) is 0 Å². The minimum atomic E-state index is 0.475. The van der Waals surface area contributed by atoms with Crippen LogP contribution in [0.4, 0.5) is 0 Å². The minimum absolute atomic E-state index is 0.475. The molecule has 0 fully saturated rings. The average molecular weight is 289 g/mol. The van der Waals surface area contributed by atoms with E-state index in [9.17, 15) is 0 Å².